The maximum atomic E-state index is 14.1. The topological polar surface area (TPSA) is 189 Å². The van der Waals surface area contributed by atoms with E-state index in [0.717, 1.165) is 0 Å². The minimum Gasteiger partial charge on any atom is -0.459 e. The molecule has 0 aromatic heterocycles. The maximum Gasteiger partial charge on any atom is 0.311 e. The Morgan fingerprint density at radius 3 is 2.14 bits per heavy atom. The van der Waals surface area contributed by atoms with Gasteiger partial charge in [-0.2, -0.15) is 0 Å². The predicted molar refractivity (Wildman–Crippen MR) is 190 cm³/mol. The molecular formula is C37H70N2O12. The molecule has 14 heteroatoms. The molecule has 300 valence electrons. The van der Waals surface area contributed by atoms with Gasteiger partial charge in [0.2, 0.25) is 0 Å². The monoisotopic (exact) mass is 734 g/mol. The highest BCUT2D eigenvalue weighted by Gasteiger charge is 2.52. The molecule has 0 aromatic rings. The summed E-state index contributed by atoms with van der Waals surface area (Å²) in [7, 11) is 5.27. The zero-order valence-electron chi connectivity index (χ0n) is 33.2. The minimum atomic E-state index is -1.80. The quantitative estimate of drug-likeness (QED) is 0.207. The molecule has 18 atom stereocenters. The van der Waals surface area contributed by atoms with Crippen molar-refractivity contribution < 1.29 is 58.7 Å². The third-order valence-corrected chi connectivity index (χ3v) is 11.7. The molecule has 3 heterocycles. The van der Waals surface area contributed by atoms with Crippen molar-refractivity contribution in [3.63, 3.8) is 0 Å². The minimum absolute atomic E-state index is 0.132. The van der Waals surface area contributed by atoms with Crippen molar-refractivity contribution in [1.82, 2.24) is 10.2 Å². The maximum absolute atomic E-state index is 14.1. The number of aliphatic hydroxyl groups excluding tert-OH is 3. The largest absolute Gasteiger partial charge is 0.459 e. The normalized spacial score (nSPS) is 49.9. The van der Waals surface area contributed by atoms with E-state index in [1.54, 1.807) is 41.5 Å². The summed E-state index contributed by atoms with van der Waals surface area (Å²) in [5.74, 6) is -2.60. The van der Waals surface area contributed by atoms with Gasteiger partial charge in [-0.15, -0.1) is 0 Å². The van der Waals surface area contributed by atoms with E-state index in [2.05, 4.69) is 5.32 Å². The SMILES string of the molecule is CC[C@H]1OC(=O)[C@H](C)[C@@H](O[C@H]2C[C@@](C)(OC)C(O)[C@H](C)O2)[C@H](C)[C@@H](O[C@@H]2O[C@H](C)C[C@H](N(C)C)[C@H]2O)[C@](C)(O)C[C@@H](C)CN[C@H](C)[C@@H](O)[C@]1(C)O. The molecule has 6 N–H and O–H groups in total. The second kappa shape index (κ2) is 17.6. The van der Waals surface area contributed by atoms with E-state index in [-0.39, 0.29) is 37.3 Å². The highest BCUT2D eigenvalue weighted by Crippen LogP contribution is 2.40. The number of likely N-dealkylation sites (N-methyl/N-ethyl adjacent to an activating group) is 1. The zero-order chi connectivity index (χ0) is 38.8. The van der Waals surface area contributed by atoms with Crippen molar-refractivity contribution in [2.45, 2.75) is 185 Å². The van der Waals surface area contributed by atoms with Crippen molar-refractivity contribution in [2.24, 2.45) is 17.8 Å². The summed E-state index contributed by atoms with van der Waals surface area (Å²) in [5.41, 5.74) is -4.37. The molecule has 51 heavy (non-hydrogen) atoms. The Balaban J connectivity index is 2.15. The first kappa shape index (κ1) is 44.4. The van der Waals surface area contributed by atoms with Crippen molar-refractivity contribution in [2.75, 3.05) is 27.7 Å². The number of esters is 1. The van der Waals surface area contributed by atoms with Crippen LogP contribution in [0.15, 0.2) is 0 Å². The second-order valence-electron chi connectivity index (χ2n) is 16.7. The van der Waals surface area contributed by atoms with E-state index >= 15 is 0 Å². The number of methoxy groups -OCH3 is 1. The Morgan fingerprint density at radius 1 is 0.941 bits per heavy atom. The smallest absolute Gasteiger partial charge is 0.311 e. The molecule has 3 rings (SSSR count). The highest BCUT2D eigenvalue weighted by atomic mass is 16.7. The van der Waals surface area contributed by atoms with Crippen LogP contribution in [-0.2, 0) is 33.2 Å². The summed E-state index contributed by atoms with van der Waals surface area (Å²) < 4.78 is 37.4. The van der Waals surface area contributed by atoms with Crippen LogP contribution in [0.3, 0.4) is 0 Å². The number of carbonyl (C=O) groups is 1. The molecule has 3 fully saturated rings. The van der Waals surface area contributed by atoms with E-state index in [1.807, 2.05) is 39.8 Å². The van der Waals surface area contributed by atoms with Crippen LogP contribution in [0.4, 0.5) is 0 Å². The summed E-state index contributed by atoms with van der Waals surface area (Å²) in [4.78, 5) is 16.1. The lowest BCUT2D eigenvalue weighted by Gasteiger charge is -2.48. The Morgan fingerprint density at radius 2 is 1.57 bits per heavy atom. The summed E-state index contributed by atoms with van der Waals surface area (Å²) in [6.07, 6.45) is -8.22. The van der Waals surface area contributed by atoms with Gasteiger partial charge in [-0.1, -0.05) is 20.8 Å². The number of aliphatic hydroxyl groups is 5. The Hall–Kier alpha value is -1.01. The zero-order valence-corrected chi connectivity index (χ0v) is 33.2. The van der Waals surface area contributed by atoms with Gasteiger partial charge in [0.15, 0.2) is 12.6 Å². The first-order valence-corrected chi connectivity index (χ1v) is 18.8. The lowest BCUT2D eigenvalue weighted by atomic mass is 9.77. The lowest BCUT2D eigenvalue weighted by Crippen LogP contribution is -2.60. The second-order valence-corrected chi connectivity index (χ2v) is 16.7. The third kappa shape index (κ3) is 10.2. The molecule has 3 aliphatic rings. The van der Waals surface area contributed by atoms with Crippen LogP contribution in [0.2, 0.25) is 0 Å². The number of nitrogens with zero attached hydrogens (tertiary/aromatic N) is 1. The van der Waals surface area contributed by atoms with Crippen molar-refractivity contribution in [3.05, 3.63) is 0 Å². The van der Waals surface area contributed by atoms with Crippen LogP contribution in [0.5, 0.6) is 0 Å². The number of cyclic esters (lactones) is 1. The van der Waals surface area contributed by atoms with Gasteiger partial charge in [0.05, 0.1) is 41.5 Å². The van der Waals surface area contributed by atoms with Gasteiger partial charge < -0.3 is 64.2 Å². The molecule has 0 spiro atoms. The summed E-state index contributed by atoms with van der Waals surface area (Å²) in [6.45, 7) is 17.8. The molecule has 0 bridgehead atoms. The van der Waals surface area contributed by atoms with E-state index < -0.39 is 96.0 Å². The Kier molecular flexibility index (Phi) is 15.3. The summed E-state index contributed by atoms with van der Waals surface area (Å²) in [5, 5.41) is 60.9. The van der Waals surface area contributed by atoms with Gasteiger partial charge in [0.1, 0.15) is 30.0 Å². The van der Waals surface area contributed by atoms with E-state index in [0.29, 0.717) is 13.0 Å². The fourth-order valence-electron chi connectivity index (χ4n) is 8.36. The Labute approximate surface area is 305 Å². The average Bonchev–Trinajstić information content (AvgIpc) is 3.05. The molecule has 3 aliphatic heterocycles. The summed E-state index contributed by atoms with van der Waals surface area (Å²) >= 11 is 0. The predicted octanol–water partition coefficient (Wildman–Crippen LogP) is 1.56. The first-order chi connectivity index (χ1) is 23.5. The highest BCUT2D eigenvalue weighted by molar-refractivity contribution is 5.73. The van der Waals surface area contributed by atoms with Crippen LogP contribution < -0.4 is 5.32 Å². The van der Waals surface area contributed by atoms with E-state index in [4.69, 9.17) is 28.4 Å². The molecule has 0 saturated carbocycles. The van der Waals surface area contributed by atoms with Crippen LogP contribution in [0.25, 0.3) is 0 Å². The number of rotatable bonds is 7. The van der Waals surface area contributed by atoms with Gasteiger partial charge in [0.25, 0.3) is 0 Å². The van der Waals surface area contributed by atoms with Gasteiger partial charge in [0, 0.05) is 31.5 Å². The van der Waals surface area contributed by atoms with Crippen LogP contribution in [0.1, 0.15) is 94.9 Å². The van der Waals surface area contributed by atoms with E-state index in [9.17, 15) is 30.3 Å². The lowest BCUT2D eigenvalue weighted by molar-refractivity contribution is -0.318. The summed E-state index contributed by atoms with van der Waals surface area (Å²) in [6, 6.07) is -0.858. The van der Waals surface area contributed by atoms with E-state index in [1.165, 1.54) is 14.0 Å². The fraction of sp³-hybridized carbons (Fsp3) is 0.973. The number of hydrogen-bond acceptors (Lipinski definition) is 14. The Bertz CT molecular complexity index is 1110. The number of nitrogens with one attached hydrogen (secondary N) is 1. The average molecular weight is 735 g/mol. The number of carbonyl (C=O) groups excluding carboxylic acids is 1. The first-order valence-electron chi connectivity index (χ1n) is 18.8. The number of hydrogen-bond donors (Lipinski definition) is 6. The van der Waals surface area contributed by atoms with Crippen LogP contribution in [-0.4, -0.2) is 154 Å². The third-order valence-electron chi connectivity index (χ3n) is 11.7. The van der Waals surface area contributed by atoms with Gasteiger partial charge in [-0.05, 0) is 94.3 Å². The van der Waals surface area contributed by atoms with Gasteiger partial charge >= 0.3 is 5.97 Å². The van der Waals surface area contributed by atoms with Crippen molar-refractivity contribution in [1.29, 1.82) is 0 Å². The van der Waals surface area contributed by atoms with Crippen LogP contribution in [0, 0.1) is 17.8 Å². The van der Waals surface area contributed by atoms with Crippen molar-refractivity contribution >= 4 is 5.97 Å². The molecule has 0 radical (unpaired) electrons. The van der Waals surface area contributed by atoms with Crippen molar-refractivity contribution in [3.8, 4) is 0 Å². The number of ether oxygens (including phenoxy) is 6. The fourth-order valence-corrected chi connectivity index (χ4v) is 8.36. The molecule has 14 nitrogen and oxygen atoms in total. The molecule has 0 aliphatic carbocycles. The van der Waals surface area contributed by atoms with Gasteiger partial charge in [-0.3, -0.25) is 4.79 Å². The standard InChI is InChI=1S/C37H70N2O12/c1-14-26-37(10,45)30(41)23(6)38-18-19(2)16-35(8,44)32(51-34-28(40)25(39(11)12)15-20(3)47-34)21(4)29(22(5)33(43)49-26)50-27-17-36(9,46-13)31(42)24(7)48-27/h19-32,34,38,40-42,44-45H,14-18H2,1-13H3/t19-,20-,21+,22-,23-,24+,25+,26-,27+,28-,29+,30-,31?,32-,34+,35-,36-,37-/m1/s1. The molecule has 3 saturated heterocycles. The molecule has 0 aromatic carbocycles. The van der Waals surface area contributed by atoms with Gasteiger partial charge in [-0.25, -0.2) is 0 Å². The van der Waals surface area contributed by atoms with Crippen LogP contribution >= 0.6 is 0 Å². The molecule has 1 unspecified atom stereocenters. The molecule has 0 amide bonds. The molecular weight excluding hydrogens is 664 g/mol.